The standard InChI is InChI=1S/C27H24O6/c1-2-15-31-21-10-7-19(8-11-21)23(28)12-14-25(29)32-17-20-16-26(30)33-24-13-9-18-5-3-4-6-22(18)27(20)24/h3-11,13,16H,2,12,14-15,17H2,1H3. The van der Waals surface area contributed by atoms with Crippen molar-refractivity contribution >= 4 is 33.5 Å². The maximum absolute atomic E-state index is 12.4. The van der Waals surface area contributed by atoms with Gasteiger partial charge in [0.05, 0.1) is 13.0 Å². The maximum Gasteiger partial charge on any atom is 0.336 e. The normalized spacial score (nSPS) is 10.9. The maximum atomic E-state index is 12.4. The number of benzene rings is 3. The molecule has 4 rings (SSSR count). The molecule has 33 heavy (non-hydrogen) atoms. The van der Waals surface area contributed by atoms with Gasteiger partial charge in [0.25, 0.3) is 0 Å². The minimum absolute atomic E-state index is 0.0363. The lowest BCUT2D eigenvalue weighted by molar-refractivity contribution is -0.144. The van der Waals surface area contributed by atoms with E-state index in [1.165, 1.54) is 6.07 Å². The zero-order valence-electron chi connectivity index (χ0n) is 18.3. The highest BCUT2D eigenvalue weighted by Gasteiger charge is 2.14. The van der Waals surface area contributed by atoms with Crippen molar-refractivity contribution in [3.05, 3.63) is 88.3 Å². The first kappa shape index (κ1) is 22.3. The second kappa shape index (κ2) is 10.1. The minimum atomic E-state index is -0.509. The average molecular weight is 444 g/mol. The fourth-order valence-electron chi connectivity index (χ4n) is 3.68. The van der Waals surface area contributed by atoms with E-state index in [1.807, 2.05) is 37.3 Å². The Hall–Kier alpha value is -3.93. The van der Waals surface area contributed by atoms with E-state index in [-0.39, 0.29) is 25.2 Å². The van der Waals surface area contributed by atoms with Crippen molar-refractivity contribution in [3.63, 3.8) is 0 Å². The highest BCUT2D eigenvalue weighted by atomic mass is 16.5. The number of esters is 1. The number of Topliss-reactive ketones (excluding diaryl/α,β-unsaturated/α-hetero) is 1. The Morgan fingerprint density at radius 1 is 0.939 bits per heavy atom. The molecule has 0 aliphatic carbocycles. The molecule has 0 radical (unpaired) electrons. The van der Waals surface area contributed by atoms with Gasteiger partial charge in [0.2, 0.25) is 0 Å². The van der Waals surface area contributed by atoms with Crippen LogP contribution in [0, 0.1) is 0 Å². The summed E-state index contributed by atoms with van der Waals surface area (Å²) in [5, 5.41) is 2.64. The summed E-state index contributed by atoms with van der Waals surface area (Å²) >= 11 is 0. The fourth-order valence-corrected chi connectivity index (χ4v) is 3.68. The zero-order chi connectivity index (χ0) is 23.2. The molecule has 6 nitrogen and oxygen atoms in total. The van der Waals surface area contributed by atoms with E-state index in [2.05, 4.69) is 0 Å². The van der Waals surface area contributed by atoms with Gasteiger partial charge in [-0.05, 0) is 47.5 Å². The minimum Gasteiger partial charge on any atom is -0.494 e. The molecule has 0 bridgehead atoms. The first-order valence-corrected chi connectivity index (χ1v) is 10.9. The van der Waals surface area contributed by atoms with E-state index in [0.29, 0.717) is 29.1 Å². The van der Waals surface area contributed by atoms with E-state index < -0.39 is 11.6 Å². The van der Waals surface area contributed by atoms with E-state index in [4.69, 9.17) is 13.9 Å². The summed E-state index contributed by atoms with van der Waals surface area (Å²) in [6, 6.07) is 19.6. The summed E-state index contributed by atoms with van der Waals surface area (Å²) in [5.74, 6) is 0.0542. The largest absolute Gasteiger partial charge is 0.494 e. The van der Waals surface area contributed by atoms with Gasteiger partial charge in [-0.15, -0.1) is 0 Å². The Labute approximate surface area is 190 Å². The Kier molecular flexibility index (Phi) is 6.83. The third-order valence-electron chi connectivity index (χ3n) is 5.31. The summed E-state index contributed by atoms with van der Waals surface area (Å²) in [7, 11) is 0. The van der Waals surface area contributed by atoms with Crippen LogP contribution in [0.25, 0.3) is 21.7 Å². The van der Waals surface area contributed by atoms with Crippen molar-refractivity contribution in [3.8, 4) is 5.75 Å². The van der Waals surface area contributed by atoms with Gasteiger partial charge >= 0.3 is 11.6 Å². The lowest BCUT2D eigenvalue weighted by atomic mass is 10.0. The Morgan fingerprint density at radius 3 is 2.52 bits per heavy atom. The van der Waals surface area contributed by atoms with Gasteiger partial charge < -0.3 is 13.9 Å². The van der Waals surface area contributed by atoms with Crippen LogP contribution in [-0.2, 0) is 16.1 Å². The van der Waals surface area contributed by atoms with Crippen LogP contribution in [0.4, 0.5) is 0 Å². The van der Waals surface area contributed by atoms with Crippen LogP contribution in [0.5, 0.6) is 5.75 Å². The SMILES string of the molecule is CCCOc1ccc(C(=O)CCC(=O)OCc2cc(=O)oc3ccc4ccccc4c23)cc1. The van der Waals surface area contributed by atoms with Gasteiger partial charge in [-0.25, -0.2) is 4.79 Å². The second-order valence-corrected chi connectivity index (χ2v) is 7.71. The number of rotatable bonds is 9. The lowest BCUT2D eigenvalue weighted by Gasteiger charge is -2.10. The first-order valence-electron chi connectivity index (χ1n) is 10.9. The lowest BCUT2D eigenvalue weighted by Crippen LogP contribution is -2.10. The van der Waals surface area contributed by atoms with Crippen molar-refractivity contribution in [1.29, 1.82) is 0 Å². The Bertz CT molecular complexity index is 1350. The summed E-state index contributed by atoms with van der Waals surface area (Å²) in [5.41, 5.74) is 1.02. The highest BCUT2D eigenvalue weighted by molar-refractivity contribution is 6.07. The molecule has 168 valence electrons. The molecule has 0 saturated heterocycles. The third kappa shape index (κ3) is 5.29. The van der Waals surface area contributed by atoms with Crippen LogP contribution in [0.3, 0.4) is 0 Å². The summed E-state index contributed by atoms with van der Waals surface area (Å²) in [4.78, 5) is 36.7. The molecule has 6 heteroatoms. The van der Waals surface area contributed by atoms with Crippen LogP contribution in [-0.4, -0.2) is 18.4 Å². The molecule has 0 spiro atoms. The molecular weight excluding hydrogens is 420 g/mol. The predicted molar refractivity (Wildman–Crippen MR) is 126 cm³/mol. The van der Waals surface area contributed by atoms with Gasteiger partial charge in [0.15, 0.2) is 5.78 Å². The zero-order valence-corrected chi connectivity index (χ0v) is 18.3. The fraction of sp³-hybridized carbons (Fsp3) is 0.222. The molecule has 0 atom stereocenters. The molecule has 4 aromatic rings. The molecule has 0 saturated carbocycles. The number of hydrogen-bond acceptors (Lipinski definition) is 6. The number of ketones is 1. The smallest absolute Gasteiger partial charge is 0.336 e. The molecule has 0 amide bonds. The van der Waals surface area contributed by atoms with Crippen molar-refractivity contribution in [2.45, 2.75) is 32.8 Å². The van der Waals surface area contributed by atoms with Crippen LogP contribution in [0.15, 0.2) is 75.9 Å². The molecule has 0 aliphatic rings. The van der Waals surface area contributed by atoms with Gasteiger partial charge in [0, 0.05) is 29.0 Å². The Balaban J connectivity index is 1.40. The summed E-state index contributed by atoms with van der Waals surface area (Å²) in [6.07, 6.45) is 0.893. The summed E-state index contributed by atoms with van der Waals surface area (Å²) in [6.45, 7) is 2.56. The highest BCUT2D eigenvalue weighted by Crippen LogP contribution is 2.27. The van der Waals surface area contributed by atoms with E-state index in [1.54, 1.807) is 30.3 Å². The van der Waals surface area contributed by atoms with E-state index >= 15 is 0 Å². The third-order valence-corrected chi connectivity index (χ3v) is 5.31. The van der Waals surface area contributed by atoms with Crippen molar-refractivity contribution in [2.75, 3.05) is 6.61 Å². The first-order chi connectivity index (χ1) is 16.0. The molecule has 0 unspecified atom stereocenters. The van der Waals surface area contributed by atoms with Crippen molar-refractivity contribution in [2.24, 2.45) is 0 Å². The van der Waals surface area contributed by atoms with E-state index in [9.17, 15) is 14.4 Å². The van der Waals surface area contributed by atoms with Gasteiger partial charge in [-0.1, -0.05) is 37.3 Å². The number of fused-ring (bicyclic) bond motifs is 3. The van der Waals surface area contributed by atoms with E-state index in [0.717, 1.165) is 22.6 Å². The number of carbonyl (C=O) groups excluding carboxylic acids is 2. The van der Waals surface area contributed by atoms with Crippen molar-refractivity contribution in [1.82, 2.24) is 0 Å². The summed E-state index contributed by atoms with van der Waals surface area (Å²) < 4.78 is 16.2. The van der Waals surface area contributed by atoms with Crippen molar-refractivity contribution < 1.29 is 23.5 Å². The van der Waals surface area contributed by atoms with Crippen LogP contribution >= 0.6 is 0 Å². The topological polar surface area (TPSA) is 82.8 Å². The van der Waals surface area contributed by atoms with Crippen LogP contribution < -0.4 is 10.4 Å². The Morgan fingerprint density at radius 2 is 1.73 bits per heavy atom. The van der Waals surface area contributed by atoms with Gasteiger partial charge in [-0.3, -0.25) is 9.59 Å². The second-order valence-electron chi connectivity index (χ2n) is 7.71. The molecule has 0 aliphatic heterocycles. The number of ether oxygens (including phenoxy) is 2. The molecule has 1 heterocycles. The number of hydrogen-bond donors (Lipinski definition) is 0. The molecular formula is C27H24O6. The average Bonchev–Trinajstić information content (AvgIpc) is 2.84. The van der Waals surface area contributed by atoms with Gasteiger partial charge in [-0.2, -0.15) is 0 Å². The number of carbonyl (C=O) groups is 2. The predicted octanol–water partition coefficient (Wildman–Crippen LogP) is 5.44. The monoisotopic (exact) mass is 444 g/mol. The molecule has 3 aromatic carbocycles. The quantitative estimate of drug-likeness (QED) is 0.148. The molecule has 1 aromatic heterocycles. The molecule has 0 fully saturated rings. The molecule has 0 N–H and O–H groups in total. The van der Waals surface area contributed by atoms with Crippen LogP contribution in [0.2, 0.25) is 0 Å². The van der Waals surface area contributed by atoms with Crippen LogP contribution in [0.1, 0.15) is 42.1 Å². The van der Waals surface area contributed by atoms with Gasteiger partial charge in [0.1, 0.15) is 17.9 Å².